The van der Waals surface area contributed by atoms with Gasteiger partial charge in [0.2, 0.25) is 0 Å². The Hall–Kier alpha value is -0.370. The van der Waals surface area contributed by atoms with Gasteiger partial charge in [0.25, 0.3) is 0 Å². The second kappa shape index (κ2) is 4.78. The molecule has 46 valence electrons. The predicted molar refractivity (Wildman–Crippen MR) is 40.9 cm³/mol. The standard InChI is InChI=1S/C6H11NS/c1-2-6(7)4-3-5-8/h2-4,8H,5,7H2,1H3/b4-3-,6-2+. The first-order valence-corrected chi connectivity index (χ1v) is 3.13. The predicted octanol–water partition coefficient (Wildman–Crippen LogP) is 1.33. The first kappa shape index (κ1) is 7.63. The molecule has 0 saturated carbocycles. The molecular weight excluding hydrogens is 118 g/mol. The van der Waals surface area contributed by atoms with E-state index in [1.807, 2.05) is 25.2 Å². The van der Waals surface area contributed by atoms with Gasteiger partial charge < -0.3 is 5.73 Å². The van der Waals surface area contributed by atoms with Crippen LogP contribution >= 0.6 is 12.6 Å². The van der Waals surface area contributed by atoms with Crippen molar-refractivity contribution in [2.45, 2.75) is 6.92 Å². The van der Waals surface area contributed by atoms with E-state index < -0.39 is 0 Å². The fraction of sp³-hybridized carbons (Fsp3) is 0.333. The van der Waals surface area contributed by atoms with Gasteiger partial charge in [-0.25, -0.2) is 0 Å². The van der Waals surface area contributed by atoms with E-state index in [1.165, 1.54) is 0 Å². The number of rotatable bonds is 2. The fourth-order valence-electron chi connectivity index (χ4n) is 0.285. The average molecular weight is 129 g/mol. The molecule has 0 rings (SSSR count). The highest BCUT2D eigenvalue weighted by Gasteiger charge is 1.72. The first-order valence-electron chi connectivity index (χ1n) is 2.50. The second-order valence-electron chi connectivity index (χ2n) is 1.37. The van der Waals surface area contributed by atoms with E-state index in [0.717, 1.165) is 11.4 Å². The maximum atomic E-state index is 5.40. The molecule has 0 fully saturated rings. The summed E-state index contributed by atoms with van der Waals surface area (Å²) in [6.45, 7) is 1.90. The van der Waals surface area contributed by atoms with Gasteiger partial charge in [-0.1, -0.05) is 12.2 Å². The Morgan fingerprint density at radius 1 is 1.75 bits per heavy atom. The lowest BCUT2D eigenvalue weighted by Gasteiger charge is -1.85. The number of hydrogen-bond donors (Lipinski definition) is 2. The van der Waals surface area contributed by atoms with Crippen molar-refractivity contribution < 1.29 is 0 Å². The van der Waals surface area contributed by atoms with Gasteiger partial charge in [0, 0.05) is 11.4 Å². The van der Waals surface area contributed by atoms with Crippen molar-refractivity contribution in [1.29, 1.82) is 0 Å². The molecule has 0 aromatic carbocycles. The number of hydrogen-bond acceptors (Lipinski definition) is 2. The SMILES string of the molecule is C/C=C(N)\C=C/CS. The summed E-state index contributed by atoms with van der Waals surface area (Å²) in [6.07, 6.45) is 5.59. The lowest BCUT2D eigenvalue weighted by Crippen LogP contribution is -1.90. The van der Waals surface area contributed by atoms with Crippen molar-refractivity contribution in [1.82, 2.24) is 0 Å². The molecule has 0 aliphatic heterocycles. The number of thiol groups is 1. The van der Waals surface area contributed by atoms with Crippen molar-refractivity contribution >= 4 is 12.6 Å². The van der Waals surface area contributed by atoms with Gasteiger partial charge in [-0.05, 0) is 13.0 Å². The normalized spacial score (nSPS) is 13.0. The largest absolute Gasteiger partial charge is 0.399 e. The first-order chi connectivity index (χ1) is 3.81. The molecule has 0 aromatic heterocycles. The summed E-state index contributed by atoms with van der Waals surface area (Å²) in [5, 5.41) is 0. The molecule has 0 heterocycles. The van der Waals surface area contributed by atoms with Gasteiger partial charge in [-0.3, -0.25) is 0 Å². The van der Waals surface area contributed by atoms with E-state index in [0.29, 0.717) is 0 Å². The van der Waals surface area contributed by atoms with Crippen LogP contribution in [0.25, 0.3) is 0 Å². The molecule has 2 heteroatoms. The lowest BCUT2D eigenvalue weighted by molar-refractivity contribution is 1.39. The highest BCUT2D eigenvalue weighted by Crippen LogP contribution is 1.85. The molecule has 2 N–H and O–H groups in total. The maximum Gasteiger partial charge on any atom is 0.0267 e. The Balaban J connectivity index is 3.53. The molecule has 0 aliphatic carbocycles. The monoisotopic (exact) mass is 129 g/mol. The molecule has 0 aliphatic rings. The van der Waals surface area contributed by atoms with Crippen LogP contribution < -0.4 is 5.73 Å². The quantitative estimate of drug-likeness (QED) is 0.427. The molecule has 0 radical (unpaired) electrons. The Bertz CT molecular complexity index is 105. The van der Waals surface area contributed by atoms with Crippen LogP contribution in [0.1, 0.15) is 6.92 Å². The molecule has 0 spiro atoms. The van der Waals surface area contributed by atoms with Crippen molar-refractivity contribution in [3.63, 3.8) is 0 Å². The van der Waals surface area contributed by atoms with Gasteiger partial charge in [0.1, 0.15) is 0 Å². The molecular formula is C6H11NS. The molecule has 0 aromatic rings. The number of nitrogens with two attached hydrogens (primary N) is 1. The molecule has 0 atom stereocenters. The fourth-order valence-corrected chi connectivity index (χ4v) is 0.390. The van der Waals surface area contributed by atoms with Gasteiger partial charge in [0.05, 0.1) is 0 Å². The summed E-state index contributed by atoms with van der Waals surface area (Å²) in [5.41, 5.74) is 6.19. The van der Waals surface area contributed by atoms with Crippen LogP contribution in [-0.2, 0) is 0 Å². The Kier molecular flexibility index (Phi) is 4.56. The second-order valence-corrected chi connectivity index (χ2v) is 1.74. The van der Waals surface area contributed by atoms with Crippen molar-refractivity contribution in [2.24, 2.45) is 5.73 Å². The van der Waals surface area contributed by atoms with Crippen molar-refractivity contribution in [3.8, 4) is 0 Å². The molecule has 0 amide bonds. The highest BCUT2D eigenvalue weighted by atomic mass is 32.1. The molecule has 1 nitrogen and oxygen atoms in total. The molecule has 0 bridgehead atoms. The minimum absolute atomic E-state index is 0.745. The van der Waals surface area contributed by atoms with Crippen LogP contribution in [-0.4, -0.2) is 5.75 Å². The zero-order chi connectivity index (χ0) is 6.41. The van der Waals surface area contributed by atoms with E-state index in [9.17, 15) is 0 Å². The van der Waals surface area contributed by atoms with Gasteiger partial charge in [0.15, 0.2) is 0 Å². The summed E-state index contributed by atoms with van der Waals surface area (Å²) in [6, 6.07) is 0. The summed E-state index contributed by atoms with van der Waals surface area (Å²) < 4.78 is 0. The molecule has 8 heavy (non-hydrogen) atoms. The van der Waals surface area contributed by atoms with Gasteiger partial charge in [-0.15, -0.1) is 0 Å². The zero-order valence-corrected chi connectivity index (χ0v) is 5.86. The Labute approximate surface area is 55.7 Å². The third-order valence-corrected chi connectivity index (χ3v) is 0.960. The van der Waals surface area contributed by atoms with E-state index >= 15 is 0 Å². The van der Waals surface area contributed by atoms with Crippen LogP contribution in [0.4, 0.5) is 0 Å². The molecule has 0 unspecified atom stereocenters. The Morgan fingerprint density at radius 3 is 2.75 bits per heavy atom. The zero-order valence-electron chi connectivity index (χ0n) is 4.96. The van der Waals surface area contributed by atoms with Crippen LogP contribution in [0.3, 0.4) is 0 Å². The summed E-state index contributed by atoms with van der Waals surface area (Å²) >= 11 is 3.96. The topological polar surface area (TPSA) is 26.0 Å². The van der Waals surface area contributed by atoms with Crippen LogP contribution in [0.15, 0.2) is 23.9 Å². The van der Waals surface area contributed by atoms with Crippen molar-refractivity contribution in [2.75, 3.05) is 5.75 Å². The lowest BCUT2D eigenvalue weighted by atomic mass is 10.4. The molecule has 0 saturated heterocycles. The van der Waals surface area contributed by atoms with Gasteiger partial charge in [-0.2, -0.15) is 12.6 Å². The summed E-state index contributed by atoms with van der Waals surface area (Å²) in [5.74, 6) is 0.745. The van der Waals surface area contributed by atoms with Crippen LogP contribution in [0, 0.1) is 0 Å². The smallest absolute Gasteiger partial charge is 0.0267 e. The third-order valence-electron chi connectivity index (χ3n) is 0.749. The van der Waals surface area contributed by atoms with Gasteiger partial charge >= 0.3 is 0 Å². The summed E-state index contributed by atoms with van der Waals surface area (Å²) in [4.78, 5) is 0. The average Bonchev–Trinajstić information content (AvgIpc) is 1.83. The van der Waals surface area contributed by atoms with E-state index in [4.69, 9.17) is 5.73 Å². The highest BCUT2D eigenvalue weighted by molar-refractivity contribution is 7.80. The minimum Gasteiger partial charge on any atom is -0.399 e. The Morgan fingerprint density at radius 2 is 2.38 bits per heavy atom. The summed E-state index contributed by atoms with van der Waals surface area (Å²) in [7, 11) is 0. The van der Waals surface area contributed by atoms with E-state index in [-0.39, 0.29) is 0 Å². The third kappa shape index (κ3) is 3.81. The van der Waals surface area contributed by atoms with E-state index in [2.05, 4.69) is 12.6 Å². The van der Waals surface area contributed by atoms with Crippen LogP contribution in [0.5, 0.6) is 0 Å². The van der Waals surface area contributed by atoms with E-state index in [1.54, 1.807) is 0 Å². The van der Waals surface area contributed by atoms with Crippen molar-refractivity contribution in [3.05, 3.63) is 23.9 Å². The minimum atomic E-state index is 0.745. The number of allylic oxidation sites excluding steroid dienone is 2. The van der Waals surface area contributed by atoms with Crippen LogP contribution in [0.2, 0.25) is 0 Å². The maximum absolute atomic E-state index is 5.40.